The molecule has 1 aliphatic carbocycles. The number of amidine groups is 1. The van der Waals surface area contributed by atoms with Crippen molar-refractivity contribution in [3.8, 4) is 0 Å². The molecule has 0 amide bonds. The van der Waals surface area contributed by atoms with Gasteiger partial charge in [0.25, 0.3) is 0 Å². The monoisotopic (exact) mass is 272 g/mol. The van der Waals surface area contributed by atoms with Gasteiger partial charge in [0.2, 0.25) is 0 Å². The van der Waals surface area contributed by atoms with Crippen molar-refractivity contribution in [1.29, 1.82) is 0 Å². The predicted octanol–water partition coefficient (Wildman–Crippen LogP) is 3.38. The molecule has 2 rings (SSSR count). The largest absolute Gasteiger partial charge is 0.362 e. The lowest BCUT2D eigenvalue weighted by Gasteiger charge is -2.25. The van der Waals surface area contributed by atoms with Crippen LogP contribution in [0.4, 0.5) is 0 Å². The zero-order valence-corrected chi connectivity index (χ0v) is 12.7. The van der Waals surface area contributed by atoms with Gasteiger partial charge in [-0.3, -0.25) is 4.99 Å². The zero-order valence-electron chi connectivity index (χ0n) is 11.1. The molecule has 0 radical (unpaired) electrons. The highest BCUT2D eigenvalue weighted by Crippen LogP contribution is 2.29. The van der Waals surface area contributed by atoms with Crippen LogP contribution in [0.1, 0.15) is 39.5 Å². The highest BCUT2D eigenvalue weighted by atomic mass is 32.2. The van der Waals surface area contributed by atoms with Crippen LogP contribution in [0.15, 0.2) is 4.99 Å². The van der Waals surface area contributed by atoms with Crippen LogP contribution in [-0.4, -0.2) is 34.5 Å². The smallest absolute Gasteiger partial charge is 0.157 e. The van der Waals surface area contributed by atoms with Crippen LogP contribution in [0.3, 0.4) is 0 Å². The van der Waals surface area contributed by atoms with Crippen LogP contribution in [-0.2, 0) is 0 Å². The number of rotatable bonds is 3. The maximum Gasteiger partial charge on any atom is 0.157 e. The predicted molar refractivity (Wildman–Crippen MR) is 81.2 cm³/mol. The molecule has 0 aromatic carbocycles. The van der Waals surface area contributed by atoms with E-state index in [2.05, 4.69) is 25.4 Å². The van der Waals surface area contributed by atoms with Gasteiger partial charge in [-0.05, 0) is 37.9 Å². The van der Waals surface area contributed by atoms with Gasteiger partial charge in [-0.25, -0.2) is 0 Å². The number of hydrogen-bond acceptors (Lipinski definition) is 4. The molecular formula is C13H24N2S2. The first-order chi connectivity index (χ1) is 8.19. The fourth-order valence-electron chi connectivity index (χ4n) is 2.55. The summed E-state index contributed by atoms with van der Waals surface area (Å²) in [5, 5.41) is 5.74. The topological polar surface area (TPSA) is 24.4 Å². The molecule has 98 valence electrons. The second-order valence-electron chi connectivity index (χ2n) is 5.39. The molecule has 2 aliphatic rings. The summed E-state index contributed by atoms with van der Waals surface area (Å²) < 4.78 is 0. The van der Waals surface area contributed by atoms with Crippen molar-refractivity contribution in [3.05, 3.63) is 0 Å². The van der Waals surface area contributed by atoms with E-state index in [4.69, 9.17) is 4.99 Å². The Hall–Kier alpha value is 0.170. The maximum absolute atomic E-state index is 4.86. The Morgan fingerprint density at radius 2 is 2.18 bits per heavy atom. The molecule has 1 aliphatic heterocycles. The summed E-state index contributed by atoms with van der Waals surface area (Å²) in [7, 11) is 0. The number of aliphatic imine (C=N–C) groups is 1. The van der Waals surface area contributed by atoms with Gasteiger partial charge in [0.15, 0.2) is 5.17 Å². The Kier molecular flexibility index (Phi) is 5.10. The van der Waals surface area contributed by atoms with Crippen molar-refractivity contribution in [1.82, 2.24) is 5.32 Å². The van der Waals surface area contributed by atoms with Crippen LogP contribution in [0.5, 0.6) is 0 Å². The summed E-state index contributed by atoms with van der Waals surface area (Å²) in [6.45, 7) is 4.56. The van der Waals surface area contributed by atoms with E-state index < -0.39 is 0 Å². The second kappa shape index (κ2) is 6.37. The average Bonchev–Trinajstić information content (AvgIpc) is 2.77. The molecule has 0 spiro atoms. The van der Waals surface area contributed by atoms with E-state index in [1.807, 2.05) is 23.5 Å². The molecule has 4 heteroatoms. The third-order valence-electron chi connectivity index (χ3n) is 3.75. The summed E-state index contributed by atoms with van der Waals surface area (Å²) in [5.41, 5.74) is 0. The molecule has 3 unspecified atom stereocenters. The highest BCUT2D eigenvalue weighted by Gasteiger charge is 2.26. The minimum atomic E-state index is 0.538. The van der Waals surface area contributed by atoms with Crippen LogP contribution >= 0.6 is 23.5 Å². The molecule has 2 nitrogen and oxygen atoms in total. The molecular weight excluding hydrogens is 248 g/mol. The average molecular weight is 272 g/mol. The van der Waals surface area contributed by atoms with E-state index >= 15 is 0 Å². The number of thioether (sulfide) groups is 2. The first-order valence-electron chi connectivity index (χ1n) is 6.69. The SMILES string of the molecule is CSC1CCC(NC2=NC(C(C)C)CCS2)C1. The van der Waals surface area contributed by atoms with Crippen molar-refractivity contribution >= 4 is 28.7 Å². The van der Waals surface area contributed by atoms with Crippen molar-refractivity contribution in [2.45, 2.75) is 56.9 Å². The third-order valence-corrected chi connectivity index (χ3v) is 5.78. The minimum Gasteiger partial charge on any atom is -0.362 e. The van der Waals surface area contributed by atoms with Gasteiger partial charge in [0.1, 0.15) is 0 Å². The third kappa shape index (κ3) is 3.82. The Morgan fingerprint density at radius 3 is 2.82 bits per heavy atom. The highest BCUT2D eigenvalue weighted by molar-refractivity contribution is 8.13. The van der Waals surface area contributed by atoms with Crippen molar-refractivity contribution < 1.29 is 0 Å². The molecule has 0 aromatic rings. The lowest BCUT2D eigenvalue weighted by atomic mass is 10.0. The van der Waals surface area contributed by atoms with Crippen molar-refractivity contribution in [2.75, 3.05) is 12.0 Å². The van der Waals surface area contributed by atoms with E-state index in [1.54, 1.807) is 0 Å². The van der Waals surface area contributed by atoms with Gasteiger partial charge in [-0.15, -0.1) is 0 Å². The zero-order chi connectivity index (χ0) is 12.3. The molecule has 1 fully saturated rings. The van der Waals surface area contributed by atoms with Gasteiger partial charge >= 0.3 is 0 Å². The van der Waals surface area contributed by atoms with Gasteiger partial charge < -0.3 is 5.32 Å². The Morgan fingerprint density at radius 1 is 1.35 bits per heavy atom. The molecule has 3 atom stereocenters. The van der Waals surface area contributed by atoms with Gasteiger partial charge in [-0.1, -0.05) is 25.6 Å². The molecule has 1 heterocycles. The van der Waals surface area contributed by atoms with E-state index in [1.165, 1.54) is 36.6 Å². The van der Waals surface area contributed by atoms with Crippen LogP contribution in [0, 0.1) is 5.92 Å². The van der Waals surface area contributed by atoms with Crippen LogP contribution < -0.4 is 5.32 Å². The molecule has 0 bridgehead atoms. The quantitative estimate of drug-likeness (QED) is 0.852. The Bertz CT molecular complexity index is 279. The second-order valence-corrected chi connectivity index (χ2v) is 7.62. The molecule has 0 aromatic heterocycles. The summed E-state index contributed by atoms with van der Waals surface area (Å²) in [5.74, 6) is 1.91. The first-order valence-corrected chi connectivity index (χ1v) is 8.96. The summed E-state index contributed by atoms with van der Waals surface area (Å²) in [6.07, 6.45) is 7.47. The fraction of sp³-hybridized carbons (Fsp3) is 0.923. The Labute approximate surface area is 114 Å². The lowest BCUT2D eigenvalue weighted by molar-refractivity contribution is 0.481. The lowest BCUT2D eigenvalue weighted by Crippen LogP contribution is -2.35. The normalized spacial score (nSPS) is 33.9. The molecule has 1 saturated carbocycles. The fourth-order valence-corrected chi connectivity index (χ4v) is 4.36. The Balaban J connectivity index is 1.86. The van der Waals surface area contributed by atoms with E-state index in [-0.39, 0.29) is 0 Å². The molecule has 1 N–H and O–H groups in total. The molecule has 0 saturated heterocycles. The minimum absolute atomic E-state index is 0.538. The van der Waals surface area contributed by atoms with Gasteiger partial charge in [0, 0.05) is 17.0 Å². The van der Waals surface area contributed by atoms with E-state index in [0.717, 1.165) is 5.25 Å². The maximum atomic E-state index is 4.86. The summed E-state index contributed by atoms with van der Waals surface area (Å²) >= 11 is 3.93. The first kappa shape index (κ1) is 13.6. The molecule has 17 heavy (non-hydrogen) atoms. The number of nitrogens with zero attached hydrogens (tertiary/aromatic N) is 1. The van der Waals surface area contributed by atoms with Gasteiger partial charge in [0.05, 0.1) is 6.04 Å². The summed E-state index contributed by atoms with van der Waals surface area (Å²) in [4.78, 5) is 4.86. The van der Waals surface area contributed by atoms with Crippen molar-refractivity contribution in [3.63, 3.8) is 0 Å². The van der Waals surface area contributed by atoms with Gasteiger partial charge in [-0.2, -0.15) is 11.8 Å². The van der Waals surface area contributed by atoms with Crippen molar-refractivity contribution in [2.24, 2.45) is 10.9 Å². The van der Waals surface area contributed by atoms with Crippen LogP contribution in [0.2, 0.25) is 0 Å². The number of nitrogens with one attached hydrogen (secondary N) is 1. The van der Waals surface area contributed by atoms with E-state index in [9.17, 15) is 0 Å². The van der Waals surface area contributed by atoms with E-state index in [0.29, 0.717) is 18.0 Å². The summed E-state index contributed by atoms with van der Waals surface area (Å²) in [6, 6.07) is 1.21. The van der Waals surface area contributed by atoms with Crippen LogP contribution in [0.25, 0.3) is 0 Å². The number of hydrogen-bond donors (Lipinski definition) is 1. The standard InChI is InChI=1S/C13H24N2S2/c1-9(2)12-6-7-17-13(15-12)14-10-4-5-11(8-10)16-3/h9-12H,4-8H2,1-3H3,(H,14,15).